The highest BCUT2D eigenvalue weighted by Crippen LogP contribution is 2.16. The van der Waals surface area contributed by atoms with Crippen molar-refractivity contribution in [2.45, 2.75) is 20.4 Å². The van der Waals surface area contributed by atoms with Crippen molar-refractivity contribution >= 4 is 11.8 Å². The zero-order valence-corrected chi connectivity index (χ0v) is 16.1. The van der Waals surface area contributed by atoms with Crippen molar-refractivity contribution in [1.82, 2.24) is 20.6 Å². The van der Waals surface area contributed by atoms with Crippen LogP contribution in [0.1, 0.15) is 27.3 Å². The second-order valence-electron chi connectivity index (χ2n) is 6.41. The number of hydrogen-bond acceptors (Lipinski definition) is 4. The first-order chi connectivity index (χ1) is 14.0. The van der Waals surface area contributed by atoms with E-state index >= 15 is 0 Å². The number of aryl methyl sites for hydroxylation is 1. The van der Waals surface area contributed by atoms with Crippen LogP contribution in [0.4, 0.5) is 4.39 Å². The standard InChI is InChI=1S/C21H21FN4O3/c1-14-20(15(2)26(25-14)12-16-8-4-3-5-9-16)21(28)24-23-19(27)13-29-18-11-7-6-10-17(18)22/h3-11H,12-13H2,1-2H3,(H,23,27)(H,24,28). The van der Waals surface area contributed by atoms with Gasteiger partial charge in [-0.1, -0.05) is 42.5 Å². The van der Waals surface area contributed by atoms with E-state index in [9.17, 15) is 14.0 Å². The number of nitrogens with zero attached hydrogens (tertiary/aromatic N) is 2. The van der Waals surface area contributed by atoms with Crippen LogP contribution in [0.15, 0.2) is 54.6 Å². The number of amides is 2. The summed E-state index contributed by atoms with van der Waals surface area (Å²) in [5.74, 6) is -1.71. The molecule has 0 radical (unpaired) electrons. The molecule has 1 aromatic heterocycles. The van der Waals surface area contributed by atoms with Crippen LogP contribution in [0.25, 0.3) is 0 Å². The number of carbonyl (C=O) groups excluding carboxylic acids is 2. The van der Waals surface area contributed by atoms with Gasteiger partial charge >= 0.3 is 0 Å². The average molecular weight is 396 g/mol. The summed E-state index contributed by atoms with van der Waals surface area (Å²) in [6.07, 6.45) is 0. The Hall–Kier alpha value is -3.68. The average Bonchev–Trinajstić information content (AvgIpc) is 2.99. The van der Waals surface area contributed by atoms with Crippen molar-refractivity contribution in [3.05, 3.63) is 82.9 Å². The van der Waals surface area contributed by atoms with Crippen molar-refractivity contribution in [1.29, 1.82) is 0 Å². The smallest absolute Gasteiger partial charge is 0.276 e. The maximum absolute atomic E-state index is 13.5. The van der Waals surface area contributed by atoms with Gasteiger partial charge in [-0.15, -0.1) is 0 Å². The molecule has 3 rings (SSSR count). The molecule has 0 aliphatic heterocycles. The van der Waals surface area contributed by atoms with Crippen LogP contribution >= 0.6 is 0 Å². The second kappa shape index (κ2) is 9.01. The molecule has 2 N–H and O–H groups in total. The van der Waals surface area contributed by atoms with Gasteiger partial charge in [0.25, 0.3) is 11.8 Å². The van der Waals surface area contributed by atoms with E-state index in [0.717, 1.165) is 5.56 Å². The van der Waals surface area contributed by atoms with E-state index in [2.05, 4.69) is 16.0 Å². The quantitative estimate of drug-likeness (QED) is 0.627. The Morgan fingerprint density at radius 2 is 1.72 bits per heavy atom. The largest absolute Gasteiger partial charge is 0.481 e. The van der Waals surface area contributed by atoms with Gasteiger partial charge in [-0.3, -0.25) is 25.1 Å². The zero-order chi connectivity index (χ0) is 20.8. The minimum absolute atomic E-state index is 0.0390. The number of nitrogens with one attached hydrogen (secondary N) is 2. The summed E-state index contributed by atoms with van der Waals surface area (Å²) < 4.78 is 20.3. The van der Waals surface area contributed by atoms with Crippen molar-refractivity contribution in [3.63, 3.8) is 0 Å². The number of para-hydroxylation sites is 1. The highest BCUT2D eigenvalue weighted by atomic mass is 19.1. The zero-order valence-electron chi connectivity index (χ0n) is 16.1. The van der Waals surface area contributed by atoms with Gasteiger partial charge in [0.1, 0.15) is 0 Å². The van der Waals surface area contributed by atoms with Crippen molar-refractivity contribution in [2.75, 3.05) is 6.61 Å². The van der Waals surface area contributed by atoms with Crippen LogP contribution in [-0.4, -0.2) is 28.2 Å². The van der Waals surface area contributed by atoms with Gasteiger partial charge in [-0.05, 0) is 31.5 Å². The molecule has 1 heterocycles. The lowest BCUT2D eigenvalue weighted by Gasteiger charge is -2.10. The number of hydrazine groups is 1. The van der Waals surface area contributed by atoms with Gasteiger partial charge in [0.15, 0.2) is 18.2 Å². The Morgan fingerprint density at radius 3 is 2.45 bits per heavy atom. The third kappa shape index (κ3) is 4.98. The Bertz CT molecular complexity index is 1020. The molecule has 0 atom stereocenters. The number of benzene rings is 2. The molecule has 7 nitrogen and oxygen atoms in total. The minimum atomic E-state index is -0.617. The fraction of sp³-hybridized carbons (Fsp3) is 0.190. The molecule has 29 heavy (non-hydrogen) atoms. The molecule has 0 bridgehead atoms. The number of carbonyl (C=O) groups is 2. The maximum atomic E-state index is 13.5. The summed E-state index contributed by atoms with van der Waals surface area (Å²) in [4.78, 5) is 24.4. The summed E-state index contributed by atoms with van der Waals surface area (Å²) in [7, 11) is 0. The summed E-state index contributed by atoms with van der Waals surface area (Å²) in [6.45, 7) is 3.61. The van der Waals surface area contributed by atoms with Crippen LogP contribution < -0.4 is 15.6 Å². The third-order valence-corrected chi connectivity index (χ3v) is 4.29. The molecule has 150 valence electrons. The number of aromatic nitrogens is 2. The first-order valence-corrected chi connectivity index (χ1v) is 9.00. The molecule has 0 saturated heterocycles. The molecular formula is C21H21FN4O3. The highest BCUT2D eigenvalue weighted by Gasteiger charge is 2.19. The summed E-state index contributed by atoms with van der Waals surface area (Å²) in [5.41, 5.74) is 7.28. The molecule has 0 saturated carbocycles. The van der Waals surface area contributed by atoms with Crippen molar-refractivity contribution in [2.24, 2.45) is 0 Å². The first-order valence-electron chi connectivity index (χ1n) is 9.00. The number of rotatable bonds is 6. The van der Waals surface area contributed by atoms with Crippen molar-refractivity contribution in [3.8, 4) is 5.75 Å². The van der Waals surface area contributed by atoms with E-state index in [1.54, 1.807) is 24.6 Å². The molecule has 8 heteroatoms. The summed E-state index contributed by atoms with van der Waals surface area (Å²) in [6, 6.07) is 15.5. The topological polar surface area (TPSA) is 85.3 Å². The van der Waals surface area contributed by atoms with E-state index in [1.165, 1.54) is 18.2 Å². The number of ether oxygens (including phenoxy) is 1. The van der Waals surface area contributed by atoms with Crippen LogP contribution in [0.5, 0.6) is 5.75 Å². The lowest BCUT2D eigenvalue weighted by atomic mass is 10.2. The molecule has 0 unspecified atom stereocenters. The van der Waals surface area contributed by atoms with Gasteiger partial charge in [0.2, 0.25) is 0 Å². The van der Waals surface area contributed by atoms with E-state index in [-0.39, 0.29) is 5.75 Å². The maximum Gasteiger partial charge on any atom is 0.276 e. The van der Waals surface area contributed by atoms with Gasteiger partial charge in [0, 0.05) is 5.69 Å². The van der Waals surface area contributed by atoms with Gasteiger partial charge in [-0.2, -0.15) is 5.10 Å². The lowest BCUT2D eigenvalue weighted by molar-refractivity contribution is -0.123. The number of hydrogen-bond donors (Lipinski definition) is 2. The lowest BCUT2D eigenvalue weighted by Crippen LogP contribution is -2.44. The van der Waals surface area contributed by atoms with E-state index in [1.807, 2.05) is 30.3 Å². The summed E-state index contributed by atoms with van der Waals surface area (Å²) >= 11 is 0. The predicted octanol–water partition coefficient (Wildman–Crippen LogP) is 2.53. The molecular weight excluding hydrogens is 375 g/mol. The van der Waals surface area contributed by atoms with Crippen LogP contribution in [0, 0.1) is 19.7 Å². The molecule has 0 spiro atoms. The van der Waals surface area contributed by atoms with Crippen LogP contribution in [0.3, 0.4) is 0 Å². The van der Waals surface area contributed by atoms with Gasteiger partial charge < -0.3 is 4.74 Å². The van der Waals surface area contributed by atoms with Crippen LogP contribution in [-0.2, 0) is 11.3 Å². The third-order valence-electron chi connectivity index (χ3n) is 4.29. The van der Waals surface area contributed by atoms with Crippen molar-refractivity contribution < 1.29 is 18.7 Å². The molecule has 0 aliphatic rings. The predicted molar refractivity (Wildman–Crippen MR) is 105 cm³/mol. The molecule has 2 amide bonds. The number of halogens is 1. The molecule has 2 aromatic carbocycles. The highest BCUT2D eigenvalue weighted by molar-refractivity contribution is 5.97. The van der Waals surface area contributed by atoms with E-state index in [4.69, 9.17) is 4.74 Å². The van der Waals surface area contributed by atoms with Gasteiger partial charge in [0.05, 0.1) is 17.8 Å². The monoisotopic (exact) mass is 396 g/mol. The van der Waals surface area contributed by atoms with Crippen LogP contribution in [0.2, 0.25) is 0 Å². The fourth-order valence-corrected chi connectivity index (χ4v) is 2.87. The fourth-order valence-electron chi connectivity index (χ4n) is 2.87. The Labute approximate surface area is 167 Å². The second-order valence-corrected chi connectivity index (χ2v) is 6.41. The van der Waals surface area contributed by atoms with E-state index in [0.29, 0.717) is 23.5 Å². The molecule has 3 aromatic rings. The minimum Gasteiger partial charge on any atom is -0.481 e. The Morgan fingerprint density at radius 1 is 1.03 bits per heavy atom. The SMILES string of the molecule is Cc1nn(Cc2ccccc2)c(C)c1C(=O)NNC(=O)COc1ccccc1F. The Balaban J connectivity index is 1.58. The summed E-state index contributed by atoms with van der Waals surface area (Å²) in [5, 5.41) is 4.42. The Kier molecular flexibility index (Phi) is 6.23. The van der Waals surface area contributed by atoms with E-state index < -0.39 is 24.2 Å². The molecule has 0 fully saturated rings. The van der Waals surface area contributed by atoms with Gasteiger partial charge in [-0.25, -0.2) is 4.39 Å². The first kappa shape index (κ1) is 20.1. The molecule has 0 aliphatic carbocycles. The normalized spacial score (nSPS) is 10.4.